The maximum atomic E-state index is 12.5. The number of likely N-dealkylation sites (tertiary alicyclic amines) is 1. The number of carbonyl (C=O) groups is 1. The van der Waals surface area contributed by atoms with Gasteiger partial charge in [-0.2, -0.15) is 0 Å². The fourth-order valence-corrected chi connectivity index (χ4v) is 3.37. The minimum Gasteiger partial charge on any atom is -0.378 e. The first-order valence-corrected chi connectivity index (χ1v) is 8.36. The number of alkyl halides is 1. The number of halogens is 1. The molecular formula is C16H23BrN2O. The van der Waals surface area contributed by atoms with E-state index in [1.165, 1.54) is 6.42 Å². The summed E-state index contributed by atoms with van der Waals surface area (Å²) in [4.78, 5) is 16.6. The maximum absolute atomic E-state index is 12.5. The molecule has 1 saturated heterocycles. The van der Waals surface area contributed by atoms with Crippen LogP contribution in [0.4, 0.5) is 5.69 Å². The minimum absolute atomic E-state index is 0.176. The number of rotatable bonds is 4. The van der Waals surface area contributed by atoms with Crippen molar-refractivity contribution in [3.05, 3.63) is 29.8 Å². The van der Waals surface area contributed by atoms with E-state index in [9.17, 15) is 4.79 Å². The topological polar surface area (TPSA) is 23.6 Å². The molecule has 1 unspecified atom stereocenters. The van der Waals surface area contributed by atoms with Crippen LogP contribution in [-0.2, 0) is 0 Å². The van der Waals surface area contributed by atoms with Gasteiger partial charge in [-0.1, -0.05) is 15.9 Å². The summed E-state index contributed by atoms with van der Waals surface area (Å²) in [6, 6.07) is 7.89. The molecule has 0 N–H and O–H groups in total. The third-order valence-corrected chi connectivity index (χ3v) is 4.41. The lowest BCUT2D eigenvalue weighted by atomic mass is 9.95. The third-order valence-electron chi connectivity index (χ3n) is 3.95. The Bertz CT molecular complexity index is 442. The van der Waals surface area contributed by atoms with Crippen molar-refractivity contribution in [2.75, 3.05) is 37.4 Å². The zero-order chi connectivity index (χ0) is 14.5. The number of hydrogen-bond donors (Lipinski definition) is 0. The van der Waals surface area contributed by atoms with Gasteiger partial charge in [0.2, 0.25) is 0 Å². The summed E-state index contributed by atoms with van der Waals surface area (Å²) in [6.45, 7) is 1.80. The van der Waals surface area contributed by atoms with Crippen molar-refractivity contribution >= 4 is 27.5 Å². The average Bonchev–Trinajstić information content (AvgIpc) is 2.47. The molecule has 3 nitrogen and oxygen atoms in total. The van der Waals surface area contributed by atoms with Gasteiger partial charge < -0.3 is 9.80 Å². The molecule has 1 heterocycles. The van der Waals surface area contributed by atoms with E-state index in [2.05, 4.69) is 15.9 Å². The lowest BCUT2D eigenvalue weighted by Crippen LogP contribution is -2.40. The Balaban J connectivity index is 2.02. The second-order valence-electron chi connectivity index (χ2n) is 5.68. The van der Waals surface area contributed by atoms with Crippen LogP contribution in [0.25, 0.3) is 0 Å². The zero-order valence-corrected chi connectivity index (χ0v) is 13.9. The minimum atomic E-state index is 0.176. The highest BCUT2D eigenvalue weighted by molar-refractivity contribution is 9.09. The molecule has 20 heavy (non-hydrogen) atoms. The Morgan fingerprint density at radius 1 is 1.35 bits per heavy atom. The fraction of sp³-hybridized carbons (Fsp3) is 0.562. The molecule has 0 aliphatic carbocycles. The van der Waals surface area contributed by atoms with E-state index in [-0.39, 0.29) is 5.91 Å². The monoisotopic (exact) mass is 338 g/mol. The first-order chi connectivity index (χ1) is 9.61. The van der Waals surface area contributed by atoms with E-state index in [4.69, 9.17) is 0 Å². The van der Waals surface area contributed by atoms with Crippen LogP contribution in [-0.4, -0.2) is 43.3 Å². The summed E-state index contributed by atoms with van der Waals surface area (Å²) < 4.78 is 0. The SMILES string of the molecule is CN(C)c1ccc(C(=O)N2CCCC(CCBr)C2)cc1. The molecule has 110 valence electrons. The van der Waals surface area contributed by atoms with E-state index >= 15 is 0 Å². The van der Waals surface area contributed by atoms with Crippen LogP contribution in [0.15, 0.2) is 24.3 Å². The van der Waals surface area contributed by atoms with Gasteiger partial charge in [0.25, 0.3) is 5.91 Å². The molecule has 0 aromatic heterocycles. The fourth-order valence-electron chi connectivity index (χ4n) is 2.72. The number of amides is 1. The highest BCUT2D eigenvalue weighted by Gasteiger charge is 2.23. The normalized spacial score (nSPS) is 18.9. The van der Waals surface area contributed by atoms with Gasteiger partial charge >= 0.3 is 0 Å². The molecule has 4 heteroatoms. The van der Waals surface area contributed by atoms with Crippen molar-refractivity contribution in [1.82, 2.24) is 4.90 Å². The summed E-state index contributed by atoms with van der Waals surface area (Å²) in [5, 5.41) is 1.03. The van der Waals surface area contributed by atoms with Crippen LogP contribution in [0.5, 0.6) is 0 Å². The van der Waals surface area contributed by atoms with E-state index in [1.54, 1.807) is 0 Å². The molecule has 0 radical (unpaired) electrons. The standard InChI is InChI=1S/C16H23BrN2O/c1-18(2)15-7-5-14(6-8-15)16(20)19-11-3-4-13(12-19)9-10-17/h5-8,13H,3-4,9-12H2,1-2H3. The molecule has 1 fully saturated rings. The van der Waals surface area contributed by atoms with Crippen LogP contribution in [0.3, 0.4) is 0 Å². The third kappa shape index (κ3) is 3.75. The van der Waals surface area contributed by atoms with Gasteiger partial charge in [-0.25, -0.2) is 0 Å². The molecular weight excluding hydrogens is 316 g/mol. The second kappa shape index (κ2) is 7.11. The summed E-state index contributed by atoms with van der Waals surface area (Å²) >= 11 is 3.50. The predicted molar refractivity (Wildman–Crippen MR) is 87.8 cm³/mol. The molecule has 2 rings (SSSR count). The van der Waals surface area contributed by atoms with Crippen molar-refractivity contribution in [3.63, 3.8) is 0 Å². The van der Waals surface area contributed by atoms with Gasteiger partial charge in [0.15, 0.2) is 0 Å². The van der Waals surface area contributed by atoms with Crippen LogP contribution in [0, 0.1) is 5.92 Å². The zero-order valence-electron chi connectivity index (χ0n) is 12.3. The summed E-state index contributed by atoms with van der Waals surface area (Å²) in [5.41, 5.74) is 1.92. The maximum Gasteiger partial charge on any atom is 0.253 e. The van der Waals surface area contributed by atoms with Gasteiger partial charge in [-0.15, -0.1) is 0 Å². The molecule has 0 spiro atoms. The van der Waals surface area contributed by atoms with Crippen LogP contribution in [0.2, 0.25) is 0 Å². The van der Waals surface area contributed by atoms with Crippen molar-refractivity contribution < 1.29 is 4.79 Å². The van der Waals surface area contributed by atoms with Crippen molar-refractivity contribution in [3.8, 4) is 0 Å². The Kier molecular flexibility index (Phi) is 5.46. The van der Waals surface area contributed by atoms with Gasteiger partial charge in [0.05, 0.1) is 0 Å². The average molecular weight is 339 g/mol. The molecule has 1 aromatic carbocycles. The van der Waals surface area contributed by atoms with E-state index < -0.39 is 0 Å². The largest absolute Gasteiger partial charge is 0.378 e. The number of carbonyl (C=O) groups excluding carboxylic acids is 1. The Hall–Kier alpha value is -1.03. The van der Waals surface area contributed by atoms with Crippen LogP contribution >= 0.6 is 15.9 Å². The van der Waals surface area contributed by atoms with Crippen molar-refractivity contribution in [1.29, 1.82) is 0 Å². The number of hydrogen-bond acceptors (Lipinski definition) is 2. The van der Waals surface area contributed by atoms with Gasteiger partial charge in [-0.3, -0.25) is 4.79 Å². The number of nitrogens with zero attached hydrogens (tertiary/aromatic N) is 2. The van der Waals surface area contributed by atoms with Gasteiger partial charge in [0, 0.05) is 43.8 Å². The van der Waals surface area contributed by atoms with E-state index in [1.807, 2.05) is 48.2 Å². The molecule has 1 atom stereocenters. The summed E-state index contributed by atoms with van der Waals surface area (Å²) in [5.74, 6) is 0.822. The summed E-state index contributed by atoms with van der Waals surface area (Å²) in [6.07, 6.45) is 3.53. The van der Waals surface area contributed by atoms with Crippen LogP contribution < -0.4 is 4.90 Å². The molecule has 0 saturated carbocycles. The molecule has 1 aliphatic heterocycles. The second-order valence-corrected chi connectivity index (χ2v) is 6.47. The Morgan fingerprint density at radius 3 is 2.65 bits per heavy atom. The predicted octanol–water partition coefficient (Wildman–Crippen LogP) is 3.39. The first-order valence-electron chi connectivity index (χ1n) is 7.24. The summed E-state index contributed by atoms with van der Waals surface area (Å²) in [7, 11) is 4.01. The lowest BCUT2D eigenvalue weighted by molar-refractivity contribution is 0.0672. The van der Waals surface area contributed by atoms with Crippen LogP contribution in [0.1, 0.15) is 29.6 Å². The van der Waals surface area contributed by atoms with Gasteiger partial charge in [0.1, 0.15) is 0 Å². The van der Waals surface area contributed by atoms with Gasteiger partial charge in [-0.05, 0) is 49.4 Å². The highest BCUT2D eigenvalue weighted by Crippen LogP contribution is 2.22. The number of benzene rings is 1. The first kappa shape index (κ1) is 15.4. The van der Waals surface area contributed by atoms with E-state index in [0.717, 1.165) is 42.5 Å². The smallest absolute Gasteiger partial charge is 0.253 e. The highest BCUT2D eigenvalue weighted by atomic mass is 79.9. The van der Waals surface area contributed by atoms with Crippen molar-refractivity contribution in [2.45, 2.75) is 19.3 Å². The van der Waals surface area contributed by atoms with Crippen molar-refractivity contribution in [2.24, 2.45) is 5.92 Å². The molecule has 1 aliphatic rings. The van der Waals surface area contributed by atoms with E-state index in [0.29, 0.717) is 5.92 Å². The lowest BCUT2D eigenvalue weighted by Gasteiger charge is -2.32. The Morgan fingerprint density at radius 2 is 2.05 bits per heavy atom. The molecule has 1 aromatic rings. The number of piperidine rings is 1. The Labute approximate surface area is 130 Å². The molecule has 0 bridgehead atoms. The number of anilines is 1. The quantitative estimate of drug-likeness (QED) is 0.785. The molecule has 1 amide bonds.